The zero-order valence-electron chi connectivity index (χ0n) is 6.72. The van der Waals surface area contributed by atoms with Crippen LogP contribution in [0, 0.1) is 0 Å². The molecule has 0 fully saturated rings. The van der Waals surface area contributed by atoms with Crippen LogP contribution in [0.2, 0.25) is 0 Å². The number of carboxylic acid groups (broad SMARTS) is 1. The maximum absolute atomic E-state index is 10.7. The van der Waals surface area contributed by atoms with Gasteiger partial charge >= 0.3 is 5.97 Å². The zero-order chi connectivity index (χ0) is 10.1. The summed E-state index contributed by atoms with van der Waals surface area (Å²) in [5, 5.41) is 15.1. The minimum absolute atomic E-state index is 0.125. The van der Waals surface area contributed by atoms with Crippen molar-refractivity contribution < 1.29 is 9.90 Å². The van der Waals surface area contributed by atoms with E-state index in [9.17, 15) is 4.79 Å². The molecule has 5 nitrogen and oxygen atoms in total. The molecule has 2 rings (SSSR count). The zero-order valence-corrected chi connectivity index (χ0v) is 9.12. The highest BCUT2D eigenvalue weighted by Crippen LogP contribution is 2.21. The minimum atomic E-state index is -1.01. The van der Waals surface area contributed by atoms with Crippen molar-refractivity contribution in [3.63, 3.8) is 0 Å². The molecule has 0 spiro atoms. The quantitative estimate of drug-likeness (QED) is 0.906. The number of nitrogens with zero attached hydrogens (tertiary/aromatic N) is 3. The number of carbonyl (C=O) groups is 1. The monoisotopic (exact) mass is 273 g/mol. The minimum Gasteiger partial charge on any atom is -0.478 e. The normalized spacial score (nSPS) is 10.4. The molecule has 14 heavy (non-hydrogen) atoms. The number of thiazole rings is 1. The van der Waals surface area contributed by atoms with Crippen molar-refractivity contribution in [1.82, 2.24) is 14.8 Å². The van der Waals surface area contributed by atoms with Crippen LogP contribution in [0.4, 0.5) is 0 Å². The number of hydrogen-bond acceptors (Lipinski definition) is 4. The standard InChI is InChI=1S/C7H4BrN3O2S/c8-5-4(6(12)13)3-10-11(5)7-9-1-2-14-7/h1-3H,(H,12,13). The first-order valence-corrected chi connectivity index (χ1v) is 5.24. The van der Waals surface area contributed by atoms with Gasteiger partial charge in [-0.3, -0.25) is 0 Å². The van der Waals surface area contributed by atoms with Gasteiger partial charge in [0.15, 0.2) is 0 Å². The van der Waals surface area contributed by atoms with Gasteiger partial charge in [0.2, 0.25) is 5.13 Å². The Hall–Kier alpha value is -1.21. The van der Waals surface area contributed by atoms with Crippen LogP contribution in [-0.2, 0) is 0 Å². The van der Waals surface area contributed by atoms with Gasteiger partial charge in [-0.05, 0) is 15.9 Å². The topological polar surface area (TPSA) is 68.0 Å². The molecule has 0 saturated carbocycles. The summed E-state index contributed by atoms with van der Waals surface area (Å²) in [7, 11) is 0. The second-order valence-electron chi connectivity index (χ2n) is 2.38. The van der Waals surface area contributed by atoms with Gasteiger partial charge in [-0.15, -0.1) is 11.3 Å². The molecule has 2 heterocycles. The highest BCUT2D eigenvalue weighted by Gasteiger charge is 2.15. The summed E-state index contributed by atoms with van der Waals surface area (Å²) >= 11 is 4.54. The van der Waals surface area contributed by atoms with Crippen LogP contribution >= 0.6 is 27.3 Å². The van der Waals surface area contributed by atoms with E-state index >= 15 is 0 Å². The number of carboxylic acids is 1. The average molecular weight is 274 g/mol. The van der Waals surface area contributed by atoms with Gasteiger partial charge in [0.25, 0.3) is 0 Å². The van der Waals surface area contributed by atoms with Crippen molar-refractivity contribution >= 4 is 33.2 Å². The smallest absolute Gasteiger partial charge is 0.340 e. The number of hydrogen-bond donors (Lipinski definition) is 1. The second-order valence-corrected chi connectivity index (χ2v) is 4.00. The Kier molecular flexibility index (Phi) is 2.34. The van der Waals surface area contributed by atoms with E-state index in [1.165, 1.54) is 22.2 Å². The lowest BCUT2D eigenvalue weighted by Crippen LogP contribution is -1.98. The van der Waals surface area contributed by atoms with Crippen LogP contribution < -0.4 is 0 Å². The molecule has 2 aromatic heterocycles. The van der Waals surface area contributed by atoms with E-state index < -0.39 is 5.97 Å². The number of aromatic nitrogens is 3. The van der Waals surface area contributed by atoms with Gasteiger partial charge in [0, 0.05) is 11.6 Å². The van der Waals surface area contributed by atoms with Crippen LogP contribution in [0.5, 0.6) is 0 Å². The van der Waals surface area contributed by atoms with Gasteiger partial charge in [-0.1, -0.05) is 0 Å². The Morgan fingerprint density at radius 1 is 1.64 bits per heavy atom. The van der Waals surface area contributed by atoms with E-state index in [0.717, 1.165) is 0 Å². The fraction of sp³-hybridized carbons (Fsp3) is 0. The Bertz CT molecular complexity index is 465. The van der Waals surface area contributed by atoms with E-state index in [1.54, 1.807) is 11.6 Å². The molecule has 0 radical (unpaired) electrons. The maximum Gasteiger partial charge on any atom is 0.340 e. The van der Waals surface area contributed by atoms with Gasteiger partial charge in [-0.25, -0.2) is 9.78 Å². The molecule has 0 aliphatic carbocycles. The first-order valence-electron chi connectivity index (χ1n) is 3.57. The van der Waals surface area contributed by atoms with Gasteiger partial charge < -0.3 is 5.11 Å². The Balaban J connectivity index is 2.52. The van der Waals surface area contributed by atoms with Crippen molar-refractivity contribution in [1.29, 1.82) is 0 Å². The average Bonchev–Trinajstić information content (AvgIpc) is 2.71. The largest absolute Gasteiger partial charge is 0.478 e. The molecule has 1 N–H and O–H groups in total. The fourth-order valence-electron chi connectivity index (χ4n) is 0.931. The maximum atomic E-state index is 10.7. The summed E-state index contributed by atoms with van der Waals surface area (Å²) < 4.78 is 1.84. The third-order valence-electron chi connectivity index (χ3n) is 1.54. The van der Waals surface area contributed by atoms with Crippen LogP contribution in [0.25, 0.3) is 5.13 Å². The summed E-state index contributed by atoms with van der Waals surface area (Å²) in [4.78, 5) is 14.7. The second kappa shape index (κ2) is 3.50. The predicted molar refractivity (Wildman–Crippen MR) is 53.9 cm³/mol. The van der Waals surface area contributed by atoms with Crippen LogP contribution in [0.3, 0.4) is 0 Å². The van der Waals surface area contributed by atoms with Crippen LogP contribution in [0.1, 0.15) is 10.4 Å². The van der Waals surface area contributed by atoms with Crippen molar-refractivity contribution in [2.45, 2.75) is 0 Å². The summed E-state index contributed by atoms with van der Waals surface area (Å²) in [5.41, 5.74) is 0.125. The molecule has 0 atom stereocenters. The van der Waals surface area contributed by atoms with Gasteiger partial charge in [-0.2, -0.15) is 9.78 Å². The molecule has 72 valence electrons. The molecule has 7 heteroatoms. The summed E-state index contributed by atoms with van der Waals surface area (Å²) in [6.07, 6.45) is 2.92. The predicted octanol–water partition coefficient (Wildman–Crippen LogP) is 1.79. The van der Waals surface area contributed by atoms with Crippen LogP contribution in [0.15, 0.2) is 22.4 Å². The highest BCUT2D eigenvalue weighted by molar-refractivity contribution is 9.10. The number of aromatic carboxylic acids is 1. The van der Waals surface area contributed by atoms with E-state index in [0.29, 0.717) is 9.73 Å². The number of halogens is 1. The molecule has 0 aromatic carbocycles. The molecule has 0 amide bonds. The van der Waals surface area contributed by atoms with E-state index in [4.69, 9.17) is 5.11 Å². The van der Waals surface area contributed by atoms with E-state index in [2.05, 4.69) is 26.0 Å². The SMILES string of the molecule is O=C(O)c1cnn(-c2nccs2)c1Br. The Labute approximate surface area is 91.1 Å². The van der Waals surface area contributed by atoms with Crippen molar-refractivity contribution in [3.8, 4) is 5.13 Å². The van der Waals surface area contributed by atoms with Crippen molar-refractivity contribution in [2.24, 2.45) is 0 Å². The number of rotatable bonds is 2. The lowest BCUT2D eigenvalue weighted by Gasteiger charge is -1.96. The highest BCUT2D eigenvalue weighted by atomic mass is 79.9. The van der Waals surface area contributed by atoms with Gasteiger partial charge in [0.05, 0.1) is 6.20 Å². The molecule has 0 aliphatic rings. The lowest BCUT2D eigenvalue weighted by molar-refractivity contribution is 0.0696. The summed E-state index contributed by atoms with van der Waals surface area (Å²) in [6, 6.07) is 0. The fourth-order valence-corrected chi connectivity index (χ4v) is 2.18. The van der Waals surface area contributed by atoms with E-state index in [1.807, 2.05) is 0 Å². The molecule has 0 bridgehead atoms. The first-order chi connectivity index (χ1) is 6.70. The summed E-state index contributed by atoms with van der Waals surface area (Å²) in [6.45, 7) is 0. The van der Waals surface area contributed by atoms with E-state index in [-0.39, 0.29) is 5.56 Å². The summed E-state index contributed by atoms with van der Waals surface area (Å²) in [5.74, 6) is -1.01. The first kappa shape index (κ1) is 9.35. The molecule has 2 aromatic rings. The lowest BCUT2D eigenvalue weighted by atomic mass is 10.4. The Morgan fingerprint density at radius 3 is 2.93 bits per heavy atom. The molecule has 0 aliphatic heterocycles. The van der Waals surface area contributed by atoms with Crippen molar-refractivity contribution in [2.75, 3.05) is 0 Å². The third kappa shape index (κ3) is 1.44. The third-order valence-corrected chi connectivity index (χ3v) is 3.05. The van der Waals surface area contributed by atoms with Crippen molar-refractivity contribution in [3.05, 3.63) is 27.9 Å². The van der Waals surface area contributed by atoms with Crippen LogP contribution in [-0.4, -0.2) is 25.8 Å². The Morgan fingerprint density at radius 2 is 2.43 bits per heavy atom. The van der Waals surface area contributed by atoms with Gasteiger partial charge in [0.1, 0.15) is 10.2 Å². The molecular formula is C7H4BrN3O2S. The molecular weight excluding hydrogens is 270 g/mol. The molecule has 0 saturated heterocycles. The molecule has 0 unspecified atom stereocenters.